The number of para-hydroxylation sites is 2. The minimum absolute atomic E-state index is 1.08. The van der Waals surface area contributed by atoms with Gasteiger partial charge in [0.05, 0.1) is 16.7 Å². The molecule has 56 heavy (non-hydrogen) atoms. The second kappa shape index (κ2) is 14.4. The molecule has 0 unspecified atom stereocenters. The van der Waals surface area contributed by atoms with Gasteiger partial charge in [0.2, 0.25) is 0 Å². The fourth-order valence-corrected chi connectivity index (χ4v) is 8.10. The molecule has 0 aliphatic rings. The van der Waals surface area contributed by atoms with E-state index < -0.39 is 0 Å². The van der Waals surface area contributed by atoms with E-state index in [0.717, 1.165) is 45.0 Å². The van der Waals surface area contributed by atoms with Gasteiger partial charge in [-0.25, -0.2) is 0 Å². The van der Waals surface area contributed by atoms with Crippen LogP contribution in [0.5, 0.6) is 0 Å². The van der Waals surface area contributed by atoms with Crippen LogP contribution in [0, 0.1) is 0 Å². The number of hydrogen-bond donors (Lipinski definition) is 0. The molecule has 0 atom stereocenters. The number of nitrogens with zero attached hydrogens (tertiary/aromatic N) is 2. The molecule has 1 heterocycles. The average molecular weight is 715 g/mol. The van der Waals surface area contributed by atoms with Crippen LogP contribution in [0.4, 0.5) is 17.1 Å². The van der Waals surface area contributed by atoms with Gasteiger partial charge in [0.15, 0.2) is 0 Å². The molecule has 10 aromatic rings. The van der Waals surface area contributed by atoms with Crippen molar-refractivity contribution in [2.75, 3.05) is 4.90 Å². The zero-order chi connectivity index (χ0) is 37.3. The average Bonchev–Trinajstić information content (AvgIpc) is 3.61. The predicted molar refractivity (Wildman–Crippen MR) is 237 cm³/mol. The molecule has 1 aromatic heterocycles. The molecule has 0 saturated heterocycles. The largest absolute Gasteiger partial charge is 0.310 e. The zero-order valence-electron chi connectivity index (χ0n) is 30.8. The Labute approximate surface area is 327 Å². The summed E-state index contributed by atoms with van der Waals surface area (Å²) in [4.78, 5) is 2.45. The predicted octanol–water partition coefficient (Wildman–Crippen LogP) is 14.9. The first-order chi connectivity index (χ1) is 27.8. The maximum atomic E-state index is 2.45. The molecule has 0 N–H and O–H groups in total. The maximum Gasteiger partial charge on any atom is 0.0561 e. The molecule has 0 bridgehead atoms. The van der Waals surface area contributed by atoms with Gasteiger partial charge in [-0.1, -0.05) is 176 Å². The minimum atomic E-state index is 1.08. The van der Waals surface area contributed by atoms with Crippen LogP contribution >= 0.6 is 0 Å². The third-order valence-corrected chi connectivity index (χ3v) is 10.8. The van der Waals surface area contributed by atoms with Crippen LogP contribution in [-0.2, 0) is 0 Å². The molecule has 10 rings (SSSR count). The lowest BCUT2D eigenvalue weighted by atomic mass is 9.96. The summed E-state index contributed by atoms with van der Waals surface area (Å²) in [5, 5.41) is 2.45. The Morgan fingerprint density at radius 2 is 0.768 bits per heavy atom. The van der Waals surface area contributed by atoms with Crippen LogP contribution in [0.25, 0.3) is 72.0 Å². The van der Waals surface area contributed by atoms with Crippen molar-refractivity contribution in [2.24, 2.45) is 0 Å². The normalized spacial score (nSPS) is 11.2. The zero-order valence-corrected chi connectivity index (χ0v) is 30.8. The lowest BCUT2D eigenvalue weighted by molar-refractivity contribution is 1.18. The van der Waals surface area contributed by atoms with Gasteiger partial charge in [0.25, 0.3) is 0 Å². The van der Waals surface area contributed by atoms with E-state index in [2.05, 4.69) is 240 Å². The number of aromatic nitrogens is 1. The van der Waals surface area contributed by atoms with Crippen molar-refractivity contribution in [1.82, 2.24) is 4.57 Å². The van der Waals surface area contributed by atoms with Crippen LogP contribution in [-0.4, -0.2) is 4.57 Å². The molecule has 0 aliphatic carbocycles. The van der Waals surface area contributed by atoms with Crippen molar-refractivity contribution in [3.8, 4) is 50.2 Å². The van der Waals surface area contributed by atoms with Crippen LogP contribution in [0.1, 0.15) is 0 Å². The van der Waals surface area contributed by atoms with Crippen LogP contribution in [0.15, 0.2) is 231 Å². The van der Waals surface area contributed by atoms with Crippen molar-refractivity contribution < 1.29 is 0 Å². The number of benzene rings is 9. The van der Waals surface area contributed by atoms with Crippen molar-refractivity contribution >= 4 is 38.9 Å². The molecular weight excluding hydrogens is 677 g/mol. The smallest absolute Gasteiger partial charge is 0.0561 e. The fraction of sp³-hybridized carbons (Fsp3) is 0. The van der Waals surface area contributed by atoms with Gasteiger partial charge in [-0.2, -0.15) is 0 Å². The fourth-order valence-electron chi connectivity index (χ4n) is 8.10. The summed E-state index contributed by atoms with van der Waals surface area (Å²) in [6.07, 6.45) is 0. The first-order valence-corrected chi connectivity index (χ1v) is 19.2. The molecule has 0 fully saturated rings. The first-order valence-electron chi connectivity index (χ1n) is 19.2. The van der Waals surface area contributed by atoms with Crippen molar-refractivity contribution in [1.29, 1.82) is 0 Å². The Balaban J connectivity index is 1.23. The third kappa shape index (κ3) is 6.14. The Hall–Kier alpha value is -7.42. The summed E-state index contributed by atoms with van der Waals surface area (Å²) in [6, 6.07) is 83.2. The highest BCUT2D eigenvalue weighted by molar-refractivity contribution is 6.10. The number of anilines is 3. The van der Waals surface area contributed by atoms with Crippen LogP contribution in [0.3, 0.4) is 0 Å². The monoisotopic (exact) mass is 714 g/mol. The molecule has 2 nitrogen and oxygen atoms in total. The second-order valence-electron chi connectivity index (χ2n) is 14.2. The van der Waals surface area contributed by atoms with Gasteiger partial charge < -0.3 is 9.47 Å². The van der Waals surface area contributed by atoms with Gasteiger partial charge in [0, 0.05) is 33.4 Å². The van der Waals surface area contributed by atoms with Crippen molar-refractivity contribution in [2.45, 2.75) is 0 Å². The highest BCUT2D eigenvalue weighted by atomic mass is 15.1. The van der Waals surface area contributed by atoms with Gasteiger partial charge in [-0.15, -0.1) is 0 Å². The summed E-state index contributed by atoms with van der Waals surface area (Å²) in [5.41, 5.74) is 16.2. The first kappa shape index (κ1) is 33.2. The Morgan fingerprint density at radius 1 is 0.286 bits per heavy atom. The van der Waals surface area contributed by atoms with E-state index in [4.69, 9.17) is 0 Å². The third-order valence-electron chi connectivity index (χ3n) is 10.8. The van der Waals surface area contributed by atoms with Crippen molar-refractivity contribution in [3.63, 3.8) is 0 Å². The van der Waals surface area contributed by atoms with E-state index in [1.165, 1.54) is 44.1 Å². The number of hydrogen-bond acceptors (Lipinski definition) is 1. The topological polar surface area (TPSA) is 8.17 Å². The molecule has 0 radical (unpaired) electrons. The van der Waals surface area contributed by atoms with Crippen LogP contribution in [0.2, 0.25) is 0 Å². The lowest BCUT2D eigenvalue weighted by Gasteiger charge is -2.29. The molecule has 264 valence electrons. The molecule has 2 heteroatoms. The highest BCUT2D eigenvalue weighted by Gasteiger charge is 2.21. The number of rotatable bonds is 8. The lowest BCUT2D eigenvalue weighted by Crippen LogP contribution is -2.12. The molecule has 0 spiro atoms. The van der Waals surface area contributed by atoms with Gasteiger partial charge in [0.1, 0.15) is 0 Å². The molecule has 0 amide bonds. The van der Waals surface area contributed by atoms with E-state index in [9.17, 15) is 0 Å². The van der Waals surface area contributed by atoms with E-state index in [1.54, 1.807) is 0 Å². The van der Waals surface area contributed by atoms with E-state index in [0.29, 0.717) is 0 Å². The van der Waals surface area contributed by atoms with Crippen LogP contribution < -0.4 is 4.90 Å². The summed E-state index contributed by atoms with van der Waals surface area (Å²) in [7, 11) is 0. The van der Waals surface area contributed by atoms with Gasteiger partial charge >= 0.3 is 0 Å². The Kier molecular flexibility index (Phi) is 8.55. The molecule has 9 aromatic carbocycles. The molecule has 0 saturated carbocycles. The quantitative estimate of drug-likeness (QED) is 0.152. The SMILES string of the molecule is c1ccc(-c2ccc(-n3c4ccccc4c4ccc(N(c5cc(-c6ccccc6)cc(-c6ccccc6)c5)c5ccccc5-c5ccccc5)cc43)cc2)cc1. The van der Waals surface area contributed by atoms with Gasteiger partial charge in [-0.05, 0) is 93.5 Å². The van der Waals surface area contributed by atoms with E-state index in [1.807, 2.05) is 0 Å². The summed E-state index contributed by atoms with van der Waals surface area (Å²) >= 11 is 0. The molecular formula is C54H38N2. The van der Waals surface area contributed by atoms with Gasteiger partial charge in [-0.3, -0.25) is 0 Å². The number of fused-ring (bicyclic) bond motifs is 3. The standard InChI is InChI=1S/C54H38N2/c1-5-17-39(18-6-1)42-29-31-46(32-30-42)56-53-28-16-14-26-50(53)51-34-33-47(38-54(51)56)55(52-27-15-13-25-49(52)43-23-11-4-12-24-43)48-36-44(40-19-7-2-8-20-40)35-45(37-48)41-21-9-3-10-22-41/h1-38H. The van der Waals surface area contributed by atoms with E-state index >= 15 is 0 Å². The Morgan fingerprint density at radius 3 is 1.39 bits per heavy atom. The summed E-state index contributed by atoms with van der Waals surface area (Å²) in [5.74, 6) is 0. The van der Waals surface area contributed by atoms with Crippen molar-refractivity contribution in [3.05, 3.63) is 231 Å². The molecule has 0 aliphatic heterocycles. The highest BCUT2D eigenvalue weighted by Crippen LogP contribution is 2.45. The minimum Gasteiger partial charge on any atom is -0.310 e. The second-order valence-corrected chi connectivity index (χ2v) is 14.2. The van der Waals surface area contributed by atoms with E-state index in [-0.39, 0.29) is 0 Å². The summed E-state index contributed by atoms with van der Waals surface area (Å²) in [6.45, 7) is 0. The Bertz CT molecular complexity index is 2870. The summed E-state index contributed by atoms with van der Waals surface area (Å²) < 4.78 is 2.42. The maximum absolute atomic E-state index is 2.45.